The third-order valence-electron chi connectivity index (χ3n) is 4.70. The largest absolute Gasteiger partial charge is 0.379 e. The predicted molar refractivity (Wildman–Crippen MR) is 104 cm³/mol. The van der Waals surface area contributed by atoms with Crippen LogP contribution in [0.1, 0.15) is 24.1 Å². The lowest BCUT2D eigenvalue weighted by Gasteiger charge is -2.27. The highest BCUT2D eigenvalue weighted by Crippen LogP contribution is 2.18. The highest BCUT2D eigenvalue weighted by atomic mass is 19.1. The summed E-state index contributed by atoms with van der Waals surface area (Å²) >= 11 is 0. The number of nitrogens with zero attached hydrogens (tertiary/aromatic N) is 1. The lowest BCUT2D eigenvalue weighted by Crippen LogP contribution is -2.36. The van der Waals surface area contributed by atoms with E-state index < -0.39 is 0 Å². The predicted octanol–water partition coefficient (Wildman–Crippen LogP) is 2.95. The van der Waals surface area contributed by atoms with E-state index in [0.29, 0.717) is 0 Å². The standard InChI is InChI=1S/C21H26FN3O2/c1-16(17-6-8-19(22)9-7-17)24-21(26)14-23-20-5-3-2-4-18(20)15-25-10-12-27-13-11-25/h2-9,16,23H,10-15H2,1H3,(H,24,26). The number of hydrogen-bond donors (Lipinski definition) is 2. The van der Waals surface area contributed by atoms with Gasteiger partial charge in [-0.25, -0.2) is 4.39 Å². The zero-order valence-electron chi connectivity index (χ0n) is 15.6. The Morgan fingerprint density at radius 3 is 2.59 bits per heavy atom. The maximum atomic E-state index is 13.0. The number of para-hydroxylation sites is 1. The van der Waals surface area contributed by atoms with Gasteiger partial charge < -0.3 is 15.4 Å². The first kappa shape index (κ1) is 19.3. The Labute approximate surface area is 159 Å². The quantitative estimate of drug-likeness (QED) is 0.786. The number of anilines is 1. The van der Waals surface area contributed by atoms with Crippen molar-refractivity contribution in [3.8, 4) is 0 Å². The van der Waals surface area contributed by atoms with Crippen LogP contribution in [0.4, 0.5) is 10.1 Å². The Hall–Kier alpha value is -2.44. The van der Waals surface area contributed by atoms with Gasteiger partial charge in [-0.15, -0.1) is 0 Å². The molecule has 1 atom stereocenters. The summed E-state index contributed by atoms with van der Waals surface area (Å²) < 4.78 is 18.4. The summed E-state index contributed by atoms with van der Waals surface area (Å²) in [5, 5.41) is 6.17. The monoisotopic (exact) mass is 371 g/mol. The summed E-state index contributed by atoms with van der Waals surface area (Å²) in [5.74, 6) is -0.385. The summed E-state index contributed by atoms with van der Waals surface area (Å²) in [6, 6.07) is 14.0. The first-order valence-corrected chi connectivity index (χ1v) is 9.28. The van der Waals surface area contributed by atoms with Crippen molar-refractivity contribution < 1.29 is 13.9 Å². The second-order valence-corrected chi connectivity index (χ2v) is 6.74. The number of carbonyl (C=O) groups excluding carboxylic acids is 1. The smallest absolute Gasteiger partial charge is 0.239 e. The maximum absolute atomic E-state index is 13.0. The summed E-state index contributed by atoms with van der Waals surface area (Å²) in [6.45, 7) is 6.27. The molecule has 6 heteroatoms. The van der Waals surface area contributed by atoms with Gasteiger partial charge in [0, 0.05) is 25.3 Å². The van der Waals surface area contributed by atoms with Gasteiger partial charge in [-0.2, -0.15) is 0 Å². The number of hydrogen-bond acceptors (Lipinski definition) is 4. The minimum absolute atomic E-state index is 0.104. The molecule has 2 aromatic carbocycles. The molecule has 1 fully saturated rings. The van der Waals surface area contributed by atoms with Crippen LogP contribution in [-0.2, 0) is 16.1 Å². The van der Waals surface area contributed by atoms with Crippen molar-refractivity contribution >= 4 is 11.6 Å². The Bertz CT molecular complexity index is 745. The van der Waals surface area contributed by atoms with Gasteiger partial charge in [0.05, 0.1) is 25.8 Å². The molecule has 0 radical (unpaired) electrons. The third-order valence-corrected chi connectivity index (χ3v) is 4.70. The summed E-state index contributed by atoms with van der Waals surface area (Å²) in [6.07, 6.45) is 0. The average Bonchev–Trinajstić information content (AvgIpc) is 2.68. The van der Waals surface area contributed by atoms with E-state index >= 15 is 0 Å². The van der Waals surface area contributed by atoms with Crippen molar-refractivity contribution in [3.05, 3.63) is 65.5 Å². The summed E-state index contributed by atoms with van der Waals surface area (Å²) in [4.78, 5) is 14.6. The van der Waals surface area contributed by atoms with Gasteiger partial charge in [-0.05, 0) is 36.2 Å². The molecular weight excluding hydrogens is 345 g/mol. The van der Waals surface area contributed by atoms with Crippen LogP contribution in [0.15, 0.2) is 48.5 Å². The van der Waals surface area contributed by atoms with Crippen molar-refractivity contribution in [2.24, 2.45) is 0 Å². The zero-order valence-corrected chi connectivity index (χ0v) is 15.6. The van der Waals surface area contributed by atoms with Gasteiger partial charge in [0.25, 0.3) is 0 Å². The zero-order chi connectivity index (χ0) is 19.1. The number of carbonyl (C=O) groups is 1. The first-order valence-electron chi connectivity index (χ1n) is 9.28. The molecule has 1 heterocycles. The molecule has 0 aromatic heterocycles. The van der Waals surface area contributed by atoms with Crippen LogP contribution in [0, 0.1) is 5.82 Å². The molecule has 3 rings (SSSR count). The summed E-state index contributed by atoms with van der Waals surface area (Å²) in [7, 11) is 0. The Morgan fingerprint density at radius 1 is 1.15 bits per heavy atom. The molecule has 2 aromatic rings. The van der Waals surface area contributed by atoms with Crippen LogP contribution in [0.2, 0.25) is 0 Å². The number of amides is 1. The Balaban J connectivity index is 1.53. The van der Waals surface area contributed by atoms with Crippen molar-refractivity contribution in [2.45, 2.75) is 19.5 Å². The topological polar surface area (TPSA) is 53.6 Å². The Kier molecular flexibility index (Phi) is 6.79. The highest BCUT2D eigenvalue weighted by Gasteiger charge is 2.14. The number of benzene rings is 2. The van der Waals surface area contributed by atoms with Crippen LogP contribution >= 0.6 is 0 Å². The summed E-state index contributed by atoms with van der Waals surface area (Å²) in [5.41, 5.74) is 3.00. The number of nitrogens with one attached hydrogen (secondary N) is 2. The van der Waals surface area contributed by atoms with Gasteiger partial charge in [0.1, 0.15) is 5.82 Å². The molecule has 144 valence electrons. The van der Waals surface area contributed by atoms with Gasteiger partial charge in [0.2, 0.25) is 5.91 Å². The van der Waals surface area contributed by atoms with Crippen molar-refractivity contribution in [3.63, 3.8) is 0 Å². The molecule has 1 unspecified atom stereocenters. The first-order chi connectivity index (χ1) is 13.1. The van der Waals surface area contributed by atoms with E-state index in [-0.39, 0.29) is 24.3 Å². The van der Waals surface area contributed by atoms with E-state index in [1.807, 2.05) is 25.1 Å². The van der Waals surface area contributed by atoms with Gasteiger partial charge in [-0.1, -0.05) is 30.3 Å². The van der Waals surface area contributed by atoms with Gasteiger partial charge >= 0.3 is 0 Å². The van der Waals surface area contributed by atoms with E-state index in [4.69, 9.17) is 4.74 Å². The van der Waals surface area contributed by atoms with Crippen LogP contribution in [0.3, 0.4) is 0 Å². The molecule has 0 bridgehead atoms. The molecule has 1 amide bonds. The maximum Gasteiger partial charge on any atom is 0.239 e. The lowest BCUT2D eigenvalue weighted by atomic mass is 10.1. The molecule has 0 spiro atoms. The van der Waals surface area contributed by atoms with Crippen LogP contribution in [0.25, 0.3) is 0 Å². The van der Waals surface area contributed by atoms with Gasteiger partial charge in [0.15, 0.2) is 0 Å². The molecule has 1 saturated heterocycles. The number of ether oxygens (including phenoxy) is 1. The van der Waals surface area contributed by atoms with E-state index in [0.717, 1.165) is 44.1 Å². The van der Waals surface area contributed by atoms with E-state index in [1.54, 1.807) is 12.1 Å². The van der Waals surface area contributed by atoms with E-state index in [9.17, 15) is 9.18 Å². The molecule has 0 aliphatic carbocycles. The van der Waals surface area contributed by atoms with Crippen LogP contribution < -0.4 is 10.6 Å². The fourth-order valence-electron chi connectivity index (χ4n) is 3.13. The second kappa shape index (κ2) is 9.48. The van der Waals surface area contributed by atoms with Crippen molar-refractivity contribution in [2.75, 3.05) is 38.2 Å². The normalized spacial score (nSPS) is 15.9. The van der Waals surface area contributed by atoms with E-state index in [2.05, 4.69) is 21.6 Å². The van der Waals surface area contributed by atoms with Crippen LogP contribution in [0.5, 0.6) is 0 Å². The number of rotatable bonds is 7. The fourth-order valence-corrected chi connectivity index (χ4v) is 3.13. The minimum atomic E-state index is -0.282. The minimum Gasteiger partial charge on any atom is -0.379 e. The average molecular weight is 371 g/mol. The van der Waals surface area contributed by atoms with Crippen molar-refractivity contribution in [1.82, 2.24) is 10.2 Å². The van der Waals surface area contributed by atoms with Crippen LogP contribution in [-0.4, -0.2) is 43.7 Å². The highest BCUT2D eigenvalue weighted by molar-refractivity contribution is 5.81. The molecule has 5 nitrogen and oxygen atoms in total. The fraction of sp³-hybridized carbons (Fsp3) is 0.381. The molecular formula is C21H26FN3O2. The molecule has 1 aliphatic heterocycles. The second-order valence-electron chi connectivity index (χ2n) is 6.74. The number of morpholine rings is 1. The third kappa shape index (κ3) is 5.77. The van der Waals surface area contributed by atoms with Gasteiger partial charge in [-0.3, -0.25) is 9.69 Å². The SMILES string of the molecule is CC(NC(=O)CNc1ccccc1CN1CCOCC1)c1ccc(F)cc1. The molecule has 1 aliphatic rings. The molecule has 2 N–H and O–H groups in total. The molecule has 0 saturated carbocycles. The lowest BCUT2D eigenvalue weighted by molar-refractivity contribution is -0.120. The van der Waals surface area contributed by atoms with Crippen molar-refractivity contribution in [1.29, 1.82) is 0 Å². The molecule has 27 heavy (non-hydrogen) atoms. The number of halogens is 1. The Morgan fingerprint density at radius 2 is 1.85 bits per heavy atom. The van der Waals surface area contributed by atoms with E-state index in [1.165, 1.54) is 17.7 Å².